The Labute approximate surface area is 197 Å². The van der Waals surface area contributed by atoms with Crippen LogP contribution in [0.25, 0.3) is 0 Å². The summed E-state index contributed by atoms with van der Waals surface area (Å²) in [5.74, 6) is -3.57. The van der Waals surface area contributed by atoms with Crippen molar-refractivity contribution in [2.45, 2.75) is 79.5 Å². The Balaban J connectivity index is 2.50. The highest BCUT2D eigenvalue weighted by molar-refractivity contribution is 6.08. The van der Waals surface area contributed by atoms with Gasteiger partial charge in [-0.15, -0.1) is 0 Å². The number of rotatable bonds is 8. The highest BCUT2D eigenvalue weighted by atomic mass is 16.7. The Morgan fingerprint density at radius 1 is 0.882 bits per heavy atom. The molecule has 2 rings (SSSR count). The van der Waals surface area contributed by atoms with Crippen LogP contribution in [0.2, 0.25) is 0 Å². The van der Waals surface area contributed by atoms with Gasteiger partial charge in [-0.3, -0.25) is 19.2 Å². The minimum absolute atomic E-state index is 0.0924. The van der Waals surface area contributed by atoms with Crippen LogP contribution in [0.15, 0.2) is 22.9 Å². The van der Waals surface area contributed by atoms with Crippen molar-refractivity contribution in [2.75, 3.05) is 6.61 Å². The van der Waals surface area contributed by atoms with E-state index in [9.17, 15) is 24.0 Å². The largest absolute Gasteiger partial charge is 0.463 e. The van der Waals surface area contributed by atoms with Gasteiger partial charge < -0.3 is 33.2 Å². The second kappa shape index (κ2) is 11.3. The lowest BCUT2D eigenvalue weighted by atomic mass is 9.85. The fourth-order valence-electron chi connectivity index (χ4n) is 3.75. The summed E-state index contributed by atoms with van der Waals surface area (Å²) in [6, 6.07) is 0. The average Bonchev–Trinajstić information content (AvgIpc) is 2.98. The molecule has 2 heterocycles. The van der Waals surface area contributed by atoms with Crippen LogP contribution in [0.1, 0.15) is 54.9 Å². The third-order valence-electron chi connectivity index (χ3n) is 5.05. The molecule has 0 spiro atoms. The van der Waals surface area contributed by atoms with Crippen molar-refractivity contribution in [3.63, 3.8) is 0 Å². The fraction of sp³-hybridized carbons (Fsp3) is 0.609. The van der Waals surface area contributed by atoms with Gasteiger partial charge in [-0.2, -0.15) is 0 Å². The molecule has 0 amide bonds. The Kier molecular flexibility index (Phi) is 8.97. The highest BCUT2D eigenvalue weighted by Crippen LogP contribution is 2.37. The number of hydrogen-bond acceptors (Lipinski definition) is 11. The molecule has 0 bridgehead atoms. The maximum atomic E-state index is 12.8. The predicted octanol–water partition coefficient (Wildman–Crippen LogP) is 1.87. The van der Waals surface area contributed by atoms with Crippen LogP contribution in [-0.4, -0.2) is 60.7 Å². The van der Waals surface area contributed by atoms with Crippen LogP contribution in [0, 0.1) is 5.92 Å². The number of carbonyl (C=O) groups excluding carboxylic acids is 5. The molecule has 2 aliphatic rings. The van der Waals surface area contributed by atoms with Gasteiger partial charge >= 0.3 is 17.9 Å². The molecule has 1 saturated heterocycles. The summed E-state index contributed by atoms with van der Waals surface area (Å²) in [6.07, 6.45) is -5.06. The van der Waals surface area contributed by atoms with Gasteiger partial charge in [0.25, 0.3) is 5.78 Å². The summed E-state index contributed by atoms with van der Waals surface area (Å²) in [7, 11) is 0. The first kappa shape index (κ1) is 27.0. The van der Waals surface area contributed by atoms with Gasteiger partial charge in [-0.05, 0) is 33.3 Å². The van der Waals surface area contributed by atoms with Crippen molar-refractivity contribution in [3.8, 4) is 0 Å². The maximum Gasteiger partial charge on any atom is 0.303 e. The van der Waals surface area contributed by atoms with Crippen molar-refractivity contribution in [1.82, 2.24) is 0 Å². The molecule has 0 aromatic heterocycles. The number of ether oxygens (including phenoxy) is 6. The third-order valence-corrected chi connectivity index (χ3v) is 5.05. The SMILES string of the molecule is CC(=O)CC1[C@@H](COC(C)=O)O[C@@H](OC2=C(C)OC(=C(C)C)C2=O)[C@H](OC(C)=O)[C@H]1OC(C)=O. The molecule has 0 aromatic rings. The van der Waals surface area contributed by atoms with E-state index >= 15 is 0 Å². The molecule has 0 aliphatic carbocycles. The number of carbonyl (C=O) groups is 5. The number of allylic oxidation sites excluding steroid dienone is 2. The summed E-state index contributed by atoms with van der Waals surface area (Å²) in [5.41, 5.74) is 0.621. The summed E-state index contributed by atoms with van der Waals surface area (Å²) < 4.78 is 33.2. The van der Waals surface area contributed by atoms with Crippen molar-refractivity contribution < 1.29 is 52.4 Å². The van der Waals surface area contributed by atoms with E-state index in [1.165, 1.54) is 20.8 Å². The normalized spacial score (nSPS) is 26.5. The summed E-state index contributed by atoms with van der Waals surface area (Å²) >= 11 is 0. The Morgan fingerprint density at radius 2 is 1.47 bits per heavy atom. The average molecular weight is 482 g/mol. The maximum absolute atomic E-state index is 12.8. The smallest absolute Gasteiger partial charge is 0.303 e. The minimum Gasteiger partial charge on any atom is -0.463 e. The van der Waals surface area contributed by atoms with Crippen molar-refractivity contribution in [2.24, 2.45) is 5.92 Å². The Hall–Kier alpha value is -3.21. The van der Waals surface area contributed by atoms with Gasteiger partial charge in [0, 0.05) is 33.1 Å². The van der Waals surface area contributed by atoms with Crippen LogP contribution in [0.5, 0.6) is 0 Å². The highest BCUT2D eigenvalue weighted by Gasteiger charge is 2.52. The molecule has 5 atom stereocenters. The van der Waals surface area contributed by atoms with Crippen molar-refractivity contribution in [1.29, 1.82) is 0 Å². The number of ketones is 2. The molecule has 0 radical (unpaired) electrons. The van der Waals surface area contributed by atoms with E-state index in [2.05, 4.69) is 0 Å². The quantitative estimate of drug-likeness (QED) is 0.284. The monoisotopic (exact) mass is 482 g/mol. The molecule has 0 N–H and O–H groups in total. The Bertz CT molecular complexity index is 925. The molecule has 2 aliphatic heterocycles. The minimum atomic E-state index is -1.44. The summed E-state index contributed by atoms with van der Waals surface area (Å²) in [5, 5.41) is 0. The van der Waals surface area contributed by atoms with Gasteiger partial charge in [0.05, 0.1) is 0 Å². The van der Waals surface area contributed by atoms with Crippen LogP contribution in [-0.2, 0) is 52.4 Å². The van der Waals surface area contributed by atoms with E-state index in [1.54, 1.807) is 13.8 Å². The third kappa shape index (κ3) is 6.66. The molecule has 0 saturated carbocycles. The van der Waals surface area contributed by atoms with E-state index in [4.69, 9.17) is 28.4 Å². The van der Waals surface area contributed by atoms with E-state index in [-0.39, 0.29) is 36.1 Å². The summed E-state index contributed by atoms with van der Waals surface area (Å²) in [4.78, 5) is 60.0. The van der Waals surface area contributed by atoms with Crippen molar-refractivity contribution >= 4 is 29.5 Å². The molecule has 188 valence electrons. The van der Waals surface area contributed by atoms with Crippen LogP contribution < -0.4 is 0 Å². The second-order valence-electron chi connectivity index (χ2n) is 8.33. The zero-order chi connectivity index (χ0) is 25.7. The van der Waals surface area contributed by atoms with E-state index in [1.807, 2.05) is 0 Å². The molecular weight excluding hydrogens is 452 g/mol. The molecule has 11 heteroatoms. The van der Waals surface area contributed by atoms with E-state index in [0.29, 0.717) is 5.57 Å². The van der Waals surface area contributed by atoms with Gasteiger partial charge in [0.15, 0.2) is 11.9 Å². The lowest BCUT2D eigenvalue weighted by Gasteiger charge is -2.44. The van der Waals surface area contributed by atoms with Crippen LogP contribution >= 0.6 is 0 Å². The first-order valence-electron chi connectivity index (χ1n) is 10.7. The van der Waals surface area contributed by atoms with E-state index < -0.39 is 54.2 Å². The van der Waals surface area contributed by atoms with Crippen LogP contribution in [0.3, 0.4) is 0 Å². The first-order valence-corrected chi connectivity index (χ1v) is 10.7. The number of hydrogen-bond donors (Lipinski definition) is 0. The zero-order valence-electron chi connectivity index (χ0n) is 20.3. The number of Topliss-reactive ketones (excluding diaryl/α,β-unsaturated/α-hetero) is 2. The molecular formula is C23H30O11. The topological polar surface area (TPSA) is 141 Å². The van der Waals surface area contributed by atoms with Gasteiger partial charge in [0.1, 0.15) is 24.3 Å². The summed E-state index contributed by atoms with van der Waals surface area (Å²) in [6.45, 7) is 9.45. The van der Waals surface area contributed by atoms with Crippen molar-refractivity contribution in [3.05, 3.63) is 22.9 Å². The van der Waals surface area contributed by atoms with Crippen LogP contribution in [0.4, 0.5) is 0 Å². The predicted molar refractivity (Wildman–Crippen MR) is 113 cm³/mol. The second-order valence-corrected chi connectivity index (χ2v) is 8.33. The Morgan fingerprint density at radius 3 is 1.94 bits per heavy atom. The number of esters is 3. The molecule has 0 aromatic carbocycles. The van der Waals surface area contributed by atoms with Gasteiger partial charge in [-0.25, -0.2) is 0 Å². The molecule has 11 nitrogen and oxygen atoms in total. The standard InChI is InChI=1S/C23H30O11/c1-10(2)19-18(28)20(12(4)30-19)34-23-22(32-15(7)27)21(31-14(6)26)16(8-11(3)24)17(33-23)9-29-13(5)25/h16-17,21-23H,8-9H2,1-7H3/t16?,17-,21+,22-,23+/m1/s1. The lowest BCUT2D eigenvalue weighted by molar-refractivity contribution is -0.286. The first-order chi connectivity index (χ1) is 15.8. The zero-order valence-corrected chi connectivity index (χ0v) is 20.3. The van der Waals surface area contributed by atoms with Gasteiger partial charge in [-0.1, -0.05) is 0 Å². The lowest BCUT2D eigenvalue weighted by Crippen LogP contribution is -2.59. The molecule has 1 fully saturated rings. The van der Waals surface area contributed by atoms with E-state index in [0.717, 1.165) is 13.8 Å². The molecule has 1 unspecified atom stereocenters. The molecule has 34 heavy (non-hydrogen) atoms. The van der Waals surface area contributed by atoms with Gasteiger partial charge in [0.2, 0.25) is 18.2 Å². The fourth-order valence-corrected chi connectivity index (χ4v) is 3.75.